The molecule has 6 heteroatoms. The summed E-state index contributed by atoms with van der Waals surface area (Å²) in [6, 6.07) is 3.93. The standard InChI is InChI=1S/C17H21N3O3/c1-3-22-17(21)13-11-18-15(14-8-6-10-23-14)19-16(13)20-9-5-4-7-12(20)2/h6,8,10-12H,3-5,7,9H2,1-2H3. The first-order chi connectivity index (χ1) is 11.2. The lowest BCUT2D eigenvalue weighted by molar-refractivity contribution is 0.0526. The molecule has 23 heavy (non-hydrogen) atoms. The average Bonchev–Trinajstić information content (AvgIpc) is 3.09. The fourth-order valence-corrected chi connectivity index (χ4v) is 2.88. The maximum atomic E-state index is 12.3. The second-order valence-corrected chi connectivity index (χ2v) is 5.67. The monoisotopic (exact) mass is 315 g/mol. The molecule has 0 N–H and O–H groups in total. The number of furan rings is 1. The smallest absolute Gasteiger partial charge is 0.343 e. The van der Waals surface area contributed by atoms with Crippen LogP contribution < -0.4 is 4.90 Å². The Kier molecular flexibility index (Phi) is 4.60. The van der Waals surface area contributed by atoms with Crippen LogP contribution in [0.5, 0.6) is 0 Å². The van der Waals surface area contributed by atoms with Gasteiger partial charge in [0.2, 0.25) is 0 Å². The number of anilines is 1. The van der Waals surface area contributed by atoms with E-state index < -0.39 is 0 Å². The minimum absolute atomic E-state index is 0.327. The van der Waals surface area contributed by atoms with Gasteiger partial charge in [-0.1, -0.05) is 0 Å². The first kappa shape index (κ1) is 15.5. The minimum Gasteiger partial charge on any atom is -0.462 e. The van der Waals surface area contributed by atoms with Gasteiger partial charge >= 0.3 is 5.97 Å². The molecule has 0 amide bonds. The largest absolute Gasteiger partial charge is 0.462 e. The highest BCUT2D eigenvalue weighted by atomic mass is 16.5. The van der Waals surface area contributed by atoms with E-state index in [-0.39, 0.29) is 5.97 Å². The van der Waals surface area contributed by atoms with Gasteiger partial charge < -0.3 is 14.1 Å². The lowest BCUT2D eigenvalue weighted by Crippen LogP contribution is -2.39. The number of carbonyl (C=O) groups is 1. The number of esters is 1. The van der Waals surface area contributed by atoms with Crippen molar-refractivity contribution in [3.63, 3.8) is 0 Å². The number of piperidine rings is 1. The Labute approximate surface area is 135 Å². The van der Waals surface area contributed by atoms with Crippen molar-refractivity contribution in [2.75, 3.05) is 18.1 Å². The van der Waals surface area contributed by atoms with Gasteiger partial charge in [0, 0.05) is 18.8 Å². The first-order valence-corrected chi connectivity index (χ1v) is 8.05. The van der Waals surface area contributed by atoms with Crippen LogP contribution in [0.2, 0.25) is 0 Å². The maximum Gasteiger partial charge on any atom is 0.343 e. The lowest BCUT2D eigenvalue weighted by Gasteiger charge is -2.35. The van der Waals surface area contributed by atoms with Gasteiger partial charge in [0.05, 0.1) is 12.9 Å². The summed E-state index contributed by atoms with van der Waals surface area (Å²) in [6.07, 6.45) is 6.50. The van der Waals surface area contributed by atoms with Crippen LogP contribution in [0.25, 0.3) is 11.6 Å². The zero-order valence-electron chi connectivity index (χ0n) is 13.5. The molecule has 1 unspecified atom stereocenters. The molecule has 3 heterocycles. The van der Waals surface area contributed by atoms with E-state index in [0.29, 0.717) is 35.6 Å². The Balaban J connectivity index is 2.03. The van der Waals surface area contributed by atoms with E-state index in [4.69, 9.17) is 9.15 Å². The van der Waals surface area contributed by atoms with E-state index in [2.05, 4.69) is 21.8 Å². The number of nitrogens with zero attached hydrogens (tertiary/aromatic N) is 3. The summed E-state index contributed by atoms with van der Waals surface area (Å²) in [7, 11) is 0. The predicted octanol–water partition coefficient (Wildman–Crippen LogP) is 3.29. The number of carbonyl (C=O) groups excluding carboxylic acids is 1. The second kappa shape index (κ2) is 6.81. The van der Waals surface area contributed by atoms with E-state index >= 15 is 0 Å². The molecular formula is C17H21N3O3. The summed E-state index contributed by atoms with van der Waals surface area (Å²) >= 11 is 0. The summed E-state index contributed by atoms with van der Waals surface area (Å²) < 4.78 is 10.5. The third kappa shape index (κ3) is 3.21. The van der Waals surface area contributed by atoms with Crippen molar-refractivity contribution in [2.24, 2.45) is 0 Å². The molecule has 1 saturated heterocycles. The van der Waals surface area contributed by atoms with Crippen LogP contribution in [0.1, 0.15) is 43.5 Å². The maximum absolute atomic E-state index is 12.3. The number of hydrogen-bond acceptors (Lipinski definition) is 6. The summed E-state index contributed by atoms with van der Waals surface area (Å²) in [5, 5.41) is 0. The van der Waals surface area contributed by atoms with E-state index in [9.17, 15) is 4.79 Å². The van der Waals surface area contributed by atoms with Gasteiger partial charge in [-0.2, -0.15) is 0 Å². The van der Waals surface area contributed by atoms with E-state index in [1.807, 2.05) is 6.07 Å². The van der Waals surface area contributed by atoms with E-state index in [0.717, 1.165) is 19.4 Å². The van der Waals surface area contributed by atoms with Crippen LogP contribution >= 0.6 is 0 Å². The van der Waals surface area contributed by atoms with Gasteiger partial charge in [0.15, 0.2) is 11.6 Å². The molecule has 0 aromatic carbocycles. The lowest BCUT2D eigenvalue weighted by atomic mass is 10.0. The van der Waals surface area contributed by atoms with Crippen LogP contribution in [-0.2, 0) is 4.74 Å². The van der Waals surface area contributed by atoms with Crippen molar-refractivity contribution >= 4 is 11.8 Å². The Morgan fingerprint density at radius 3 is 3.04 bits per heavy atom. The average molecular weight is 315 g/mol. The van der Waals surface area contributed by atoms with Crippen molar-refractivity contribution in [1.82, 2.24) is 9.97 Å². The summed E-state index contributed by atoms with van der Waals surface area (Å²) in [6.45, 7) is 5.15. The van der Waals surface area contributed by atoms with Crippen LogP contribution in [0.3, 0.4) is 0 Å². The SMILES string of the molecule is CCOC(=O)c1cnc(-c2ccco2)nc1N1CCCCC1C. The molecule has 0 aliphatic carbocycles. The third-order valence-corrected chi connectivity index (χ3v) is 4.08. The molecule has 1 fully saturated rings. The van der Waals surface area contributed by atoms with Gasteiger partial charge in [0.1, 0.15) is 11.4 Å². The Morgan fingerprint density at radius 1 is 1.48 bits per heavy atom. The van der Waals surface area contributed by atoms with E-state index in [1.165, 1.54) is 6.42 Å². The Hall–Kier alpha value is -2.37. The van der Waals surface area contributed by atoms with Gasteiger partial charge in [0.25, 0.3) is 0 Å². The molecule has 2 aromatic heterocycles. The summed E-state index contributed by atoms with van der Waals surface area (Å²) in [5.41, 5.74) is 0.413. The predicted molar refractivity (Wildman–Crippen MR) is 86.3 cm³/mol. The molecule has 0 radical (unpaired) electrons. The Bertz CT molecular complexity index is 670. The Morgan fingerprint density at radius 2 is 2.35 bits per heavy atom. The number of ether oxygens (including phenoxy) is 1. The number of aromatic nitrogens is 2. The van der Waals surface area contributed by atoms with Gasteiger partial charge in [-0.15, -0.1) is 0 Å². The second-order valence-electron chi connectivity index (χ2n) is 5.67. The highest BCUT2D eigenvalue weighted by Crippen LogP contribution is 2.28. The number of hydrogen-bond donors (Lipinski definition) is 0. The molecule has 1 aliphatic heterocycles. The highest BCUT2D eigenvalue weighted by Gasteiger charge is 2.26. The van der Waals surface area contributed by atoms with Crippen LogP contribution in [0, 0.1) is 0 Å². The van der Waals surface area contributed by atoms with Crippen molar-refractivity contribution < 1.29 is 13.9 Å². The zero-order valence-corrected chi connectivity index (χ0v) is 13.5. The van der Waals surface area contributed by atoms with Crippen LogP contribution in [-0.4, -0.2) is 35.1 Å². The molecule has 3 rings (SSSR count). The molecule has 0 spiro atoms. The fourth-order valence-electron chi connectivity index (χ4n) is 2.88. The molecule has 0 bridgehead atoms. The topological polar surface area (TPSA) is 68.5 Å². The summed E-state index contributed by atoms with van der Waals surface area (Å²) in [4.78, 5) is 23.3. The summed E-state index contributed by atoms with van der Waals surface area (Å²) in [5.74, 6) is 1.32. The fraction of sp³-hybridized carbons (Fsp3) is 0.471. The quantitative estimate of drug-likeness (QED) is 0.806. The van der Waals surface area contributed by atoms with Crippen molar-refractivity contribution in [2.45, 2.75) is 39.2 Å². The van der Waals surface area contributed by atoms with Crippen LogP contribution in [0.4, 0.5) is 5.82 Å². The van der Waals surface area contributed by atoms with Crippen molar-refractivity contribution in [3.8, 4) is 11.6 Å². The zero-order chi connectivity index (χ0) is 16.2. The highest BCUT2D eigenvalue weighted by molar-refractivity contribution is 5.94. The van der Waals surface area contributed by atoms with Crippen LogP contribution in [0.15, 0.2) is 29.0 Å². The van der Waals surface area contributed by atoms with Gasteiger partial charge in [-0.05, 0) is 45.2 Å². The minimum atomic E-state index is -0.383. The van der Waals surface area contributed by atoms with Gasteiger partial charge in [-0.25, -0.2) is 14.8 Å². The molecule has 2 aromatic rings. The molecule has 122 valence electrons. The van der Waals surface area contributed by atoms with Crippen molar-refractivity contribution in [1.29, 1.82) is 0 Å². The normalized spacial score (nSPS) is 18.0. The molecule has 6 nitrogen and oxygen atoms in total. The first-order valence-electron chi connectivity index (χ1n) is 8.05. The van der Waals surface area contributed by atoms with Crippen molar-refractivity contribution in [3.05, 3.63) is 30.2 Å². The molecule has 0 saturated carbocycles. The number of rotatable bonds is 4. The molecular weight excluding hydrogens is 294 g/mol. The molecule has 1 atom stereocenters. The molecule has 1 aliphatic rings. The van der Waals surface area contributed by atoms with E-state index in [1.54, 1.807) is 25.5 Å². The third-order valence-electron chi connectivity index (χ3n) is 4.08. The van der Waals surface area contributed by atoms with Gasteiger partial charge in [-0.3, -0.25) is 0 Å².